The van der Waals surface area contributed by atoms with Crippen molar-refractivity contribution >= 4 is 22.4 Å². The van der Waals surface area contributed by atoms with E-state index in [1.165, 1.54) is 20.0 Å². The Morgan fingerprint density at radius 1 is 1.23 bits per heavy atom. The first kappa shape index (κ1) is 18.5. The second-order valence-electron chi connectivity index (χ2n) is 7.85. The van der Waals surface area contributed by atoms with Gasteiger partial charge in [0, 0.05) is 23.7 Å². The Kier molecular flexibility index (Phi) is 4.20. The fourth-order valence-electron chi connectivity index (χ4n) is 4.16. The normalized spacial score (nSPS) is 13.8. The summed E-state index contributed by atoms with van der Waals surface area (Å²) in [6.45, 7) is 2.84. The number of ether oxygens (including phenoxy) is 2. The van der Waals surface area contributed by atoms with Gasteiger partial charge in [0.15, 0.2) is 0 Å². The molecule has 1 aromatic carbocycles. The largest absolute Gasteiger partial charge is 0.506 e. The van der Waals surface area contributed by atoms with E-state index in [0.29, 0.717) is 17.2 Å². The fraction of sp³-hybridized carbons (Fsp3) is 0.304. The van der Waals surface area contributed by atoms with E-state index < -0.39 is 5.97 Å². The molecular formula is C23H23N3O4. The quantitative estimate of drug-likeness (QED) is 0.504. The van der Waals surface area contributed by atoms with Gasteiger partial charge in [-0.25, -0.2) is 9.31 Å². The van der Waals surface area contributed by atoms with Crippen molar-refractivity contribution in [2.75, 3.05) is 14.2 Å². The van der Waals surface area contributed by atoms with Crippen molar-refractivity contribution in [3.8, 4) is 22.9 Å². The molecule has 0 bridgehead atoms. The molecule has 154 valence electrons. The molecule has 7 heteroatoms. The molecule has 4 aromatic rings. The summed E-state index contributed by atoms with van der Waals surface area (Å²) in [5.74, 6) is 1.00. The Balaban J connectivity index is 1.77. The van der Waals surface area contributed by atoms with Crippen molar-refractivity contribution in [3.05, 3.63) is 47.7 Å². The van der Waals surface area contributed by atoms with Crippen molar-refractivity contribution in [2.45, 2.75) is 26.3 Å². The second-order valence-corrected chi connectivity index (χ2v) is 7.85. The van der Waals surface area contributed by atoms with E-state index in [9.17, 15) is 9.90 Å². The van der Waals surface area contributed by atoms with E-state index in [4.69, 9.17) is 14.6 Å². The van der Waals surface area contributed by atoms with Crippen molar-refractivity contribution < 1.29 is 19.4 Å². The van der Waals surface area contributed by atoms with Crippen LogP contribution in [0.4, 0.5) is 0 Å². The number of phenols is 1. The highest BCUT2D eigenvalue weighted by Crippen LogP contribution is 2.40. The molecular weight excluding hydrogens is 382 g/mol. The number of para-hydroxylation sites is 1. The molecule has 1 saturated carbocycles. The number of aromatic nitrogens is 3. The molecule has 0 aliphatic heterocycles. The van der Waals surface area contributed by atoms with Crippen molar-refractivity contribution in [2.24, 2.45) is 5.92 Å². The van der Waals surface area contributed by atoms with E-state index in [0.717, 1.165) is 39.9 Å². The minimum absolute atomic E-state index is 0.270. The van der Waals surface area contributed by atoms with Gasteiger partial charge in [0.2, 0.25) is 0 Å². The Morgan fingerprint density at radius 3 is 2.73 bits per heavy atom. The van der Waals surface area contributed by atoms with Gasteiger partial charge in [0.25, 0.3) is 0 Å². The molecule has 1 fully saturated rings. The van der Waals surface area contributed by atoms with Crippen LogP contribution in [0, 0.1) is 12.8 Å². The summed E-state index contributed by atoms with van der Waals surface area (Å²) in [6, 6.07) is 9.32. The maximum Gasteiger partial charge on any atom is 0.339 e. The van der Waals surface area contributed by atoms with Crippen LogP contribution in [0.25, 0.3) is 27.8 Å². The molecule has 5 rings (SSSR count). The summed E-state index contributed by atoms with van der Waals surface area (Å²) in [4.78, 5) is 12.1. The molecule has 3 aromatic heterocycles. The predicted octanol–water partition coefficient (Wildman–Crippen LogP) is 4.18. The molecule has 1 aliphatic rings. The van der Waals surface area contributed by atoms with Gasteiger partial charge in [-0.3, -0.25) is 0 Å². The number of fused-ring (bicyclic) bond motifs is 2. The molecule has 30 heavy (non-hydrogen) atoms. The summed E-state index contributed by atoms with van der Waals surface area (Å²) >= 11 is 0. The number of benzene rings is 1. The number of hydrogen-bond acceptors (Lipinski definition) is 5. The number of carbonyl (C=O) groups excluding carboxylic acids is 1. The standard InChI is InChI=1S/C23H23N3O4/c1-13-20(24-26-12-16(23(28)30-3)10-19(29-2)21(13)26)17-9-15-5-4-6-18(27)22(15)25(17)11-14-7-8-14/h4-6,9-10,12,14,27H,7-8,11H2,1-3H3. The third-order valence-electron chi connectivity index (χ3n) is 5.85. The Hall–Kier alpha value is -3.48. The van der Waals surface area contributed by atoms with Gasteiger partial charge in [-0.2, -0.15) is 5.10 Å². The maximum atomic E-state index is 12.1. The summed E-state index contributed by atoms with van der Waals surface area (Å²) in [5.41, 5.74) is 4.69. The Morgan fingerprint density at radius 2 is 2.03 bits per heavy atom. The lowest BCUT2D eigenvalue weighted by Gasteiger charge is -2.10. The number of aryl methyl sites for hydroxylation is 1. The van der Waals surface area contributed by atoms with Gasteiger partial charge in [-0.05, 0) is 43.9 Å². The number of aromatic hydroxyl groups is 1. The van der Waals surface area contributed by atoms with Gasteiger partial charge in [0.1, 0.15) is 22.7 Å². The van der Waals surface area contributed by atoms with Crippen LogP contribution in [-0.2, 0) is 11.3 Å². The second kappa shape index (κ2) is 6.79. The third kappa shape index (κ3) is 2.81. The van der Waals surface area contributed by atoms with E-state index in [1.807, 2.05) is 19.1 Å². The number of methoxy groups -OCH3 is 2. The number of nitrogens with zero attached hydrogens (tertiary/aromatic N) is 3. The lowest BCUT2D eigenvalue weighted by Crippen LogP contribution is -2.05. The van der Waals surface area contributed by atoms with Gasteiger partial charge < -0.3 is 19.1 Å². The van der Waals surface area contributed by atoms with Crippen LogP contribution in [0.2, 0.25) is 0 Å². The molecule has 0 saturated heterocycles. The molecule has 0 spiro atoms. The van der Waals surface area contributed by atoms with Crippen LogP contribution in [0.15, 0.2) is 36.5 Å². The average molecular weight is 405 g/mol. The first-order valence-electron chi connectivity index (χ1n) is 9.98. The highest BCUT2D eigenvalue weighted by Gasteiger charge is 2.27. The molecule has 0 radical (unpaired) electrons. The topological polar surface area (TPSA) is 78.0 Å². The predicted molar refractivity (Wildman–Crippen MR) is 113 cm³/mol. The zero-order valence-electron chi connectivity index (χ0n) is 17.2. The Labute approximate surface area is 173 Å². The van der Waals surface area contributed by atoms with Crippen molar-refractivity contribution in [1.82, 2.24) is 14.2 Å². The van der Waals surface area contributed by atoms with Crippen LogP contribution < -0.4 is 4.74 Å². The number of hydrogen-bond donors (Lipinski definition) is 1. The zero-order valence-corrected chi connectivity index (χ0v) is 17.2. The summed E-state index contributed by atoms with van der Waals surface area (Å²) < 4.78 is 14.3. The fourth-order valence-corrected chi connectivity index (χ4v) is 4.16. The Bertz CT molecular complexity index is 1300. The zero-order chi connectivity index (χ0) is 21.0. The average Bonchev–Trinajstić information content (AvgIpc) is 3.41. The van der Waals surface area contributed by atoms with E-state index in [2.05, 4.69) is 10.6 Å². The minimum Gasteiger partial charge on any atom is -0.506 e. The highest BCUT2D eigenvalue weighted by atomic mass is 16.5. The lowest BCUT2D eigenvalue weighted by molar-refractivity contribution is 0.0599. The number of pyridine rings is 1. The molecule has 1 aliphatic carbocycles. The monoisotopic (exact) mass is 405 g/mol. The van der Waals surface area contributed by atoms with Crippen LogP contribution in [-0.4, -0.2) is 39.5 Å². The molecule has 7 nitrogen and oxygen atoms in total. The van der Waals surface area contributed by atoms with Gasteiger partial charge in [-0.15, -0.1) is 0 Å². The van der Waals surface area contributed by atoms with Gasteiger partial charge >= 0.3 is 5.97 Å². The van der Waals surface area contributed by atoms with E-state index in [-0.39, 0.29) is 5.75 Å². The SMILES string of the molecule is COC(=O)c1cc(OC)c2c(C)c(-c3cc4cccc(O)c4n3CC3CC3)nn2c1. The minimum atomic E-state index is -0.447. The van der Waals surface area contributed by atoms with Crippen LogP contribution in [0.3, 0.4) is 0 Å². The third-order valence-corrected chi connectivity index (χ3v) is 5.85. The number of esters is 1. The van der Waals surface area contributed by atoms with E-state index >= 15 is 0 Å². The lowest BCUT2D eigenvalue weighted by atomic mass is 10.1. The van der Waals surface area contributed by atoms with E-state index in [1.54, 1.807) is 30.0 Å². The number of rotatable bonds is 5. The highest BCUT2D eigenvalue weighted by molar-refractivity contribution is 5.93. The van der Waals surface area contributed by atoms with Crippen molar-refractivity contribution in [3.63, 3.8) is 0 Å². The molecule has 0 amide bonds. The molecule has 3 heterocycles. The first-order valence-corrected chi connectivity index (χ1v) is 9.98. The van der Waals surface area contributed by atoms with Crippen LogP contribution in [0.5, 0.6) is 11.5 Å². The summed E-state index contributed by atoms with van der Waals surface area (Å²) in [6.07, 6.45) is 4.06. The summed E-state index contributed by atoms with van der Waals surface area (Å²) in [5, 5.41) is 16.3. The first-order chi connectivity index (χ1) is 14.5. The number of phenolic OH excluding ortho intramolecular Hbond substituents is 1. The summed E-state index contributed by atoms with van der Waals surface area (Å²) in [7, 11) is 2.92. The maximum absolute atomic E-state index is 12.1. The molecule has 0 unspecified atom stereocenters. The molecule has 1 N–H and O–H groups in total. The van der Waals surface area contributed by atoms with Crippen molar-refractivity contribution in [1.29, 1.82) is 0 Å². The van der Waals surface area contributed by atoms with Crippen LogP contribution >= 0.6 is 0 Å². The number of carbonyl (C=O) groups is 1. The van der Waals surface area contributed by atoms with Gasteiger partial charge in [0.05, 0.1) is 31.0 Å². The smallest absolute Gasteiger partial charge is 0.339 e. The van der Waals surface area contributed by atoms with Gasteiger partial charge in [-0.1, -0.05) is 12.1 Å². The molecule has 0 atom stereocenters. The van der Waals surface area contributed by atoms with Crippen LogP contribution in [0.1, 0.15) is 28.8 Å².